The second kappa shape index (κ2) is 10.4. The number of aromatic hydroxyl groups is 1. The molecule has 0 bridgehead atoms. The van der Waals surface area contributed by atoms with Crippen molar-refractivity contribution >= 4 is 63.4 Å². The molecule has 4 aromatic rings. The lowest BCUT2D eigenvalue weighted by Crippen LogP contribution is -2.21. The van der Waals surface area contributed by atoms with E-state index in [4.69, 9.17) is 27.7 Å². The van der Waals surface area contributed by atoms with Gasteiger partial charge in [0.15, 0.2) is 5.76 Å². The van der Waals surface area contributed by atoms with Crippen LogP contribution in [0.25, 0.3) is 10.4 Å². The Kier molecular flexibility index (Phi) is 7.32. The van der Waals surface area contributed by atoms with Gasteiger partial charge in [0.25, 0.3) is 11.8 Å². The van der Waals surface area contributed by atoms with E-state index in [0.29, 0.717) is 47.3 Å². The Morgan fingerprint density at radius 2 is 1.88 bits per heavy atom. The van der Waals surface area contributed by atoms with E-state index in [-0.39, 0.29) is 18.2 Å². The largest absolute Gasteiger partial charge is 0.506 e. The number of amides is 2. The van der Waals surface area contributed by atoms with Crippen LogP contribution in [0.4, 0.5) is 0 Å². The number of thiophene rings is 2. The van der Waals surface area contributed by atoms with Crippen LogP contribution in [0.2, 0.25) is 10.0 Å². The van der Waals surface area contributed by atoms with Gasteiger partial charge in [0.1, 0.15) is 5.75 Å². The average molecular weight is 535 g/mol. The molecule has 0 fully saturated rings. The second-order valence-electron chi connectivity index (χ2n) is 6.92. The first kappa shape index (κ1) is 24.0. The summed E-state index contributed by atoms with van der Waals surface area (Å²) in [6, 6.07) is 9.83. The maximum absolute atomic E-state index is 12.5. The Morgan fingerprint density at radius 1 is 1.12 bits per heavy atom. The standard InChI is InChI=1S/C22H16Cl2N4O4S2/c1-11(14-10-33-20(19(14)29)12-2-3-15(23)16(24)8-12)27-28-22(31)18-5-4-17(34-18)21(30)25-9-13-6-7-26-32-13/h2-8,10,29H,9H2,1H3,(H,25,30)(H,28,31)/b27-11+. The van der Waals surface area contributed by atoms with Gasteiger partial charge in [0.05, 0.1) is 48.7 Å². The van der Waals surface area contributed by atoms with Crippen molar-refractivity contribution in [2.24, 2.45) is 5.10 Å². The molecule has 0 aliphatic heterocycles. The Morgan fingerprint density at radius 3 is 2.59 bits per heavy atom. The van der Waals surface area contributed by atoms with E-state index in [9.17, 15) is 14.7 Å². The third-order valence-electron chi connectivity index (χ3n) is 4.63. The van der Waals surface area contributed by atoms with Crippen LogP contribution < -0.4 is 10.7 Å². The van der Waals surface area contributed by atoms with Crippen molar-refractivity contribution < 1.29 is 19.2 Å². The number of halogens is 2. The minimum Gasteiger partial charge on any atom is -0.506 e. The van der Waals surface area contributed by atoms with E-state index in [1.165, 1.54) is 17.5 Å². The smallest absolute Gasteiger partial charge is 0.281 e. The normalized spacial score (nSPS) is 11.4. The molecule has 3 N–H and O–H groups in total. The van der Waals surface area contributed by atoms with Gasteiger partial charge >= 0.3 is 0 Å². The zero-order valence-electron chi connectivity index (χ0n) is 17.5. The molecule has 3 aromatic heterocycles. The fraction of sp³-hybridized carbons (Fsp3) is 0.0909. The Hall–Kier alpha value is -3.18. The molecule has 0 aliphatic carbocycles. The predicted molar refractivity (Wildman–Crippen MR) is 133 cm³/mol. The van der Waals surface area contributed by atoms with Gasteiger partial charge in [-0.2, -0.15) is 5.10 Å². The highest BCUT2D eigenvalue weighted by molar-refractivity contribution is 7.16. The molecule has 1 aromatic carbocycles. The van der Waals surface area contributed by atoms with Gasteiger partial charge in [0.2, 0.25) is 0 Å². The van der Waals surface area contributed by atoms with Crippen LogP contribution in [0.5, 0.6) is 5.75 Å². The lowest BCUT2D eigenvalue weighted by atomic mass is 10.1. The highest BCUT2D eigenvalue weighted by Crippen LogP contribution is 2.40. The maximum Gasteiger partial charge on any atom is 0.281 e. The van der Waals surface area contributed by atoms with Gasteiger partial charge in [-0.3, -0.25) is 9.59 Å². The van der Waals surface area contributed by atoms with E-state index in [1.54, 1.807) is 48.7 Å². The number of hydrazone groups is 1. The van der Waals surface area contributed by atoms with Crippen LogP contribution in [-0.4, -0.2) is 27.8 Å². The number of hydrogen-bond acceptors (Lipinski definition) is 8. The molecular formula is C22H16Cl2N4O4S2. The van der Waals surface area contributed by atoms with Gasteiger partial charge < -0.3 is 14.9 Å². The van der Waals surface area contributed by atoms with Gasteiger partial charge in [-0.05, 0) is 36.8 Å². The first-order valence-corrected chi connectivity index (χ1v) is 12.2. The summed E-state index contributed by atoms with van der Waals surface area (Å²) in [7, 11) is 0. The minimum absolute atomic E-state index is 0.0285. The monoisotopic (exact) mass is 534 g/mol. The number of rotatable bonds is 7. The fourth-order valence-corrected chi connectivity index (χ4v) is 4.98. The highest BCUT2D eigenvalue weighted by Gasteiger charge is 2.17. The first-order chi connectivity index (χ1) is 16.3. The second-order valence-corrected chi connectivity index (χ2v) is 9.70. The quantitative estimate of drug-likeness (QED) is 0.212. The number of hydrogen-bond donors (Lipinski definition) is 3. The molecule has 0 unspecified atom stereocenters. The molecule has 2 amide bonds. The molecule has 174 valence electrons. The summed E-state index contributed by atoms with van der Waals surface area (Å²) in [5.41, 5.74) is 4.06. The van der Waals surface area contributed by atoms with Gasteiger partial charge in [0, 0.05) is 11.4 Å². The lowest BCUT2D eigenvalue weighted by molar-refractivity contribution is 0.0947. The zero-order chi connectivity index (χ0) is 24.2. The van der Waals surface area contributed by atoms with Crippen molar-refractivity contribution in [2.75, 3.05) is 0 Å². The molecule has 0 radical (unpaired) electrons. The Balaban J connectivity index is 1.41. The van der Waals surface area contributed by atoms with Gasteiger partial charge in [-0.15, -0.1) is 22.7 Å². The number of nitrogens with zero attached hydrogens (tertiary/aromatic N) is 2. The molecule has 0 saturated heterocycles. The van der Waals surface area contributed by atoms with Crippen molar-refractivity contribution in [2.45, 2.75) is 13.5 Å². The summed E-state index contributed by atoms with van der Waals surface area (Å²) in [4.78, 5) is 26.0. The number of carbonyl (C=O) groups is 2. The number of benzene rings is 1. The lowest BCUT2D eigenvalue weighted by Gasteiger charge is -2.04. The summed E-state index contributed by atoms with van der Waals surface area (Å²) < 4.78 is 4.93. The Labute approximate surface area is 211 Å². The minimum atomic E-state index is -0.474. The highest BCUT2D eigenvalue weighted by atomic mass is 35.5. The molecule has 0 atom stereocenters. The third kappa shape index (κ3) is 5.31. The molecule has 8 nitrogen and oxygen atoms in total. The van der Waals surface area contributed by atoms with Crippen molar-refractivity contribution in [1.29, 1.82) is 0 Å². The van der Waals surface area contributed by atoms with E-state index >= 15 is 0 Å². The summed E-state index contributed by atoms with van der Waals surface area (Å²) in [5.74, 6) is -0.261. The maximum atomic E-state index is 12.5. The molecular weight excluding hydrogens is 519 g/mol. The van der Waals surface area contributed by atoms with Gasteiger partial charge in [-0.25, -0.2) is 5.43 Å². The van der Waals surface area contributed by atoms with Crippen LogP contribution >= 0.6 is 45.9 Å². The first-order valence-electron chi connectivity index (χ1n) is 9.72. The van der Waals surface area contributed by atoms with Crippen LogP contribution in [-0.2, 0) is 6.54 Å². The summed E-state index contributed by atoms with van der Waals surface area (Å²) in [6.45, 7) is 1.85. The van der Waals surface area contributed by atoms with Gasteiger partial charge in [-0.1, -0.05) is 34.4 Å². The SMILES string of the molecule is C/C(=N\NC(=O)c1ccc(C(=O)NCc2ccno2)s1)c1csc(-c2ccc(Cl)c(Cl)c2)c1O. The molecule has 0 saturated carbocycles. The van der Waals surface area contributed by atoms with E-state index in [0.717, 1.165) is 11.3 Å². The molecule has 4 rings (SSSR count). The average Bonchev–Trinajstić information content (AvgIpc) is 3.58. The number of aromatic nitrogens is 1. The number of carbonyl (C=O) groups excluding carboxylic acids is 2. The van der Waals surface area contributed by atoms with Crippen molar-refractivity contribution in [1.82, 2.24) is 15.9 Å². The zero-order valence-corrected chi connectivity index (χ0v) is 20.6. The van der Waals surface area contributed by atoms with Crippen LogP contribution in [0, 0.1) is 0 Å². The Bertz CT molecular complexity index is 1380. The van der Waals surface area contributed by atoms with E-state index in [2.05, 4.69) is 21.0 Å². The van der Waals surface area contributed by atoms with E-state index in [1.807, 2.05) is 0 Å². The molecule has 0 aliphatic rings. The van der Waals surface area contributed by atoms with Crippen LogP contribution in [0.1, 0.15) is 37.6 Å². The summed E-state index contributed by atoms with van der Waals surface area (Å²) in [5, 5.41) is 23.6. The summed E-state index contributed by atoms with van der Waals surface area (Å²) >= 11 is 14.4. The fourth-order valence-electron chi connectivity index (χ4n) is 2.87. The third-order valence-corrected chi connectivity index (χ3v) is 7.47. The molecule has 0 spiro atoms. The van der Waals surface area contributed by atoms with Crippen molar-refractivity contribution in [3.8, 4) is 16.2 Å². The van der Waals surface area contributed by atoms with Crippen LogP contribution in [0.3, 0.4) is 0 Å². The van der Waals surface area contributed by atoms with Crippen LogP contribution in [0.15, 0.2) is 57.6 Å². The molecule has 34 heavy (non-hydrogen) atoms. The molecule has 3 heterocycles. The van der Waals surface area contributed by atoms with Crippen molar-refractivity contribution in [3.05, 3.63) is 79.1 Å². The topological polar surface area (TPSA) is 117 Å². The van der Waals surface area contributed by atoms with Crippen molar-refractivity contribution in [3.63, 3.8) is 0 Å². The molecule has 12 heteroatoms. The summed E-state index contributed by atoms with van der Waals surface area (Å²) in [6.07, 6.45) is 1.49. The predicted octanol–water partition coefficient (Wildman–Crippen LogP) is 5.56. The van der Waals surface area contributed by atoms with E-state index < -0.39 is 5.91 Å². The number of nitrogens with one attached hydrogen (secondary N) is 2.